The molecule has 0 aromatic carbocycles. The summed E-state index contributed by atoms with van der Waals surface area (Å²) in [6, 6.07) is -1.23. The zero-order valence-corrected chi connectivity index (χ0v) is 14.9. The largest absolute Gasteiger partial charge is 0.458 e. The highest BCUT2D eigenvalue weighted by atomic mass is 32.2. The number of allylic oxidation sites excluding steroid dienone is 1. The molecule has 2 heterocycles. The van der Waals surface area contributed by atoms with E-state index in [-0.39, 0.29) is 5.57 Å². The Bertz CT molecular complexity index is 726. The van der Waals surface area contributed by atoms with Gasteiger partial charge in [0.1, 0.15) is 10.3 Å². The van der Waals surface area contributed by atoms with Crippen LogP contribution in [0.2, 0.25) is 0 Å². The molecule has 0 aromatic heterocycles. The number of hydrogen-bond donors (Lipinski definition) is 0. The third-order valence-corrected chi connectivity index (χ3v) is 6.71. The molecule has 2 saturated heterocycles. The lowest BCUT2D eigenvalue weighted by Crippen LogP contribution is -2.59. The first kappa shape index (κ1) is 17.7. The number of ketones is 1. The number of esters is 1. The smallest absolute Gasteiger partial charge is 0.331 e. The van der Waals surface area contributed by atoms with Crippen molar-refractivity contribution in [2.24, 2.45) is 0 Å². The minimum Gasteiger partial charge on any atom is -0.458 e. The summed E-state index contributed by atoms with van der Waals surface area (Å²) < 4.78 is 29.3. The number of rotatable bonds is 2. The maximum atomic E-state index is 12.7. The molecule has 0 bridgehead atoms. The summed E-state index contributed by atoms with van der Waals surface area (Å²) in [6.45, 7) is 9.02. The van der Waals surface area contributed by atoms with Gasteiger partial charge in [0.25, 0.3) is 5.91 Å². The molecule has 0 unspecified atom stereocenters. The van der Waals surface area contributed by atoms with Crippen LogP contribution in [-0.4, -0.2) is 52.7 Å². The number of nitrogens with zero attached hydrogens (tertiary/aromatic N) is 1. The molecule has 1 amide bonds. The van der Waals surface area contributed by atoms with Crippen LogP contribution in [0, 0.1) is 0 Å². The average Bonchev–Trinajstić information content (AvgIpc) is 2.46. The Morgan fingerprint density at radius 1 is 1.26 bits per heavy atom. The van der Waals surface area contributed by atoms with Crippen LogP contribution in [0.3, 0.4) is 0 Å². The van der Waals surface area contributed by atoms with Crippen LogP contribution in [0.15, 0.2) is 11.6 Å². The number of sulfone groups is 1. The molecule has 2 rings (SSSR count). The van der Waals surface area contributed by atoms with Gasteiger partial charge in [-0.2, -0.15) is 0 Å². The molecule has 23 heavy (non-hydrogen) atoms. The molecule has 7 nitrogen and oxygen atoms in total. The van der Waals surface area contributed by atoms with E-state index < -0.39 is 49.3 Å². The van der Waals surface area contributed by atoms with Gasteiger partial charge in [-0.1, -0.05) is 0 Å². The Labute approximate surface area is 135 Å². The van der Waals surface area contributed by atoms with Gasteiger partial charge in [0.2, 0.25) is 0 Å². The molecular weight excluding hydrogens is 322 g/mol. The number of carbonyl (C=O) groups is 3. The predicted molar refractivity (Wildman–Crippen MR) is 82.0 cm³/mol. The Morgan fingerprint density at radius 3 is 2.22 bits per heavy atom. The Hall–Kier alpha value is -1.70. The van der Waals surface area contributed by atoms with E-state index in [4.69, 9.17) is 4.74 Å². The van der Waals surface area contributed by atoms with Gasteiger partial charge in [-0.15, -0.1) is 0 Å². The zero-order valence-electron chi connectivity index (χ0n) is 14.0. The van der Waals surface area contributed by atoms with Gasteiger partial charge in [-0.05, 0) is 47.6 Å². The molecular formula is C15H21NO6S. The lowest BCUT2D eigenvalue weighted by Gasteiger charge is -2.39. The van der Waals surface area contributed by atoms with E-state index in [2.05, 4.69) is 0 Å². The van der Waals surface area contributed by atoms with E-state index >= 15 is 0 Å². The molecule has 2 aliphatic rings. The summed E-state index contributed by atoms with van der Waals surface area (Å²) in [5, 5.41) is -1.26. The van der Waals surface area contributed by atoms with Crippen LogP contribution in [0.4, 0.5) is 0 Å². The molecule has 2 fully saturated rings. The first-order chi connectivity index (χ1) is 10.2. The summed E-state index contributed by atoms with van der Waals surface area (Å²) in [6.07, 6.45) is 1.02. The molecule has 8 heteroatoms. The SMILES string of the molecule is CC(=O)/C=C1/C(=O)N2[C@@H](C(=O)OC(C)(C)C)C(C)(C)S(=O)(=O)[C@H]12. The molecule has 0 aliphatic carbocycles. The average molecular weight is 343 g/mol. The molecule has 0 spiro atoms. The van der Waals surface area contributed by atoms with Crippen LogP contribution in [0.1, 0.15) is 41.5 Å². The number of carbonyl (C=O) groups excluding carboxylic acids is 3. The topological polar surface area (TPSA) is 97.8 Å². The Kier molecular flexibility index (Phi) is 3.76. The molecule has 2 aliphatic heterocycles. The fourth-order valence-electron chi connectivity index (χ4n) is 2.90. The molecule has 0 radical (unpaired) electrons. The van der Waals surface area contributed by atoms with Crippen molar-refractivity contribution in [2.45, 2.75) is 63.3 Å². The van der Waals surface area contributed by atoms with Crippen LogP contribution in [0.25, 0.3) is 0 Å². The van der Waals surface area contributed by atoms with Crippen molar-refractivity contribution in [1.29, 1.82) is 0 Å². The minimum absolute atomic E-state index is 0.0865. The van der Waals surface area contributed by atoms with Crippen molar-refractivity contribution in [2.75, 3.05) is 0 Å². The monoisotopic (exact) mass is 343 g/mol. The molecule has 0 saturated carbocycles. The maximum Gasteiger partial charge on any atom is 0.331 e. The van der Waals surface area contributed by atoms with Gasteiger partial charge in [0, 0.05) is 0 Å². The third kappa shape index (κ3) is 2.49. The first-order valence-corrected chi connectivity index (χ1v) is 8.77. The van der Waals surface area contributed by atoms with E-state index in [0.29, 0.717) is 0 Å². The third-order valence-electron chi connectivity index (χ3n) is 3.95. The van der Waals surface area contributed by atoms with Crippen LogP contribution >= 0.6 is 0 Å². The fourth-order valence-corrected chi connectivity index (χ4v) is 5.02. The second-order valence-electron chi connectivity index (χ2n) is 7.36. The highest BCUT2D eigenvalue weighted by Crippen LogP contribution is 2.48. The second-order valence-corrected chi connectivity index (χ2v) is 9.95. The van der Waals surface area contributed by atoms with Gasteiger partial charge in [0.15, 0.2) is 27.0 Å². The van der Waals surface area contributed by atoms with Gasteiger partial charge < -0.3 is 9.64 Å². The number of β-lactam (4-membered cyclic amide) rings is 1. The van der Waals surface area contributed by atoms with Gasteiger partial charge in [0.05, 0.1) is 5.57 Å². The number of amides is 1. The van der Waals surface area contributed by atoms with Crippen LogP contribution < -0.4 is 0 Å². The van der Waals surface area contributed by atoms with Gasteiger partial charge in [-0.3, -0.25) is 9.59 Å². The molecule has 0 N–H and O–H groups in total. The van der Waals surface area contributed by atoms with Crippen LogP contribution in [-0.2, 0) is 29.0 Å². The fraction of sp³-hybridized carbons (Fsp3) is 0.667. The lowest BCUT2D eigenvalue weighted by molar-refractivity contribution is -0.166. The Morgan fingerprint density at radius 2 is 1.78 bits per heavy atom. The van der Waals surface area contributed by atoms with Crippen molar-refractivity contribution >= 4 is 27.5 Å². The van der Waals surface area contributed by atoms with Crippen molar-refractivity contribution in [1.82, 2.24) is 4.90 Å². The quantitative estimate of drug-likeness (QED) is 0.413. The number of ether oxygens (including phenoxy) is 1. The predicted octanol–water partition coefficient (Wildman–Crippen LogP) is 0.587. The van der Waals surface area contributed by atoms with E-state index in [1.807, 2.05) is 0 Å². The van der Waals surface area contributed by atoms with Crippen LogP contribution in [0.5, 0.6) is 0 Å². The van der Waals surface area contributed by atoms with E-state index in [1.165, 1.54) is 20.8 Å². The Balaban J connectivity index is 2.50. The zero-order chi connectivity index (χ0) is 18.0. The molecule has 2 atom stereocenters. The summed E-state index contributed by atoms with van der Waals surface area (Å²) >= 11 is 0. The highest BCUT2D eigenvalue weighted by Gasteiger charge is 2.70. The number of fused-ring (bicyclic) bond motifs is 1. The number of hydrogen-bond acceptors (Lipinski definition) is 6. The normalized spacial score (nSPS) is 29.9. The van der Waals surface area contributed by atoms with Gasteiger partial charge >= 0.3 is 5.97 Å². The molecule has 0 aromatic rings. The van der Waals surface area contributed by atoms with Crippen molar-refractivity contribution in [3.05, 3.63) is 11.6 Å². The van der Waals surface area contributed by atoms with Gasteiger partial charge in [-0.25, -0.2) is 13.2 Å². The molecule has 128 valence electrons. The van der Waals surface area contributed by atoms with Crippen molar-refractivity contribution < 1.29 is 27.5 Å². The van der Waals surface area contributed by atoms with E-state index in [9.17, 15) is 22.8 Å². The maximum absolute atomic E-state index is 12.7. The summed E-state index contributed by atoms with van der Waals surface area (Å²) in [7, 11) is -3.86. The van der Waals surface area contributed by atoms with E-state index in [0.717, 1.165) is 11.0 Å². The van der Waals surface area contributed by atoms with Crippen molar-refractivity contribution in [3.8, 4) is 0 Å². The first-order valence-electron chi connectivity index (χ1n) is 7.23. The summed E-state index contributed by atoms with van der Waals surface area (Å²) in [5.41, 5.74) is -0.891. The highest BCUT2D eigenvalue weighted by molar-refractivity contribution is 7.94. The summed E-state index contributed by atoms with van der Waals surface area (Å²) in [4.78, 5) is 37.0. The lowest BCUT2D eigenvalue weighted by atomic mass is 9.95. The summed E-state index contributed by atoms with van der Waals surface area (Å²) in [5.74, 6) is -1.79. The standard InChI is InChI=1S/C15H21NO6S/c1-8(17)7-9-11(18)16-10(13(19)22-14(2,3)4)15(5,6)23(20,21)12(9)16/h7,10,12H,1-6H3/b9-7-/t10-,12+/m0/s1. The van der Waals surface area contributed by atoms with E-state index in [1.54, 1.807) is 20.8 Å². The minimum atomic E-state index is -3.86. The van der Waals surface area contributed by atoms with Crippen molar-refractivity contribution in [3.63, 3.8) is 0 Å². The second kappa shape index (κ2) is 4.90.